The largest absolute Gasteiger partial charge is 0.299 e. The van der Waals surface area contributed by atoms with E-state index < -0.39 is 0 Å². The van der Waals surface area contributed by atoms with Gasteiger partial charge in [-0.3, -0.25) is 9.78 Å². The summed E-state index contributed by atoms with van der Waals surface area (Å²) >= 11 is 0. The predicted molar refractivity (Wildman–Crippen MR) is 82.1 cm³/mol. The van der Waals surface area contributed by atoms with Gasteiger partial charge in [0.15, 0.2) is 0 Å². The Kier molecular flexibility index (Phi) is 2.91. The highest BCUT2D eigenvalue weighted by atomic mass is 16.1. The molecule has 0 aliphatic heterocycles. The first-order valence-corrected chi connectivity index (χ1v) is 7.79. The minimum atomic E-state index is -0.0178. The topological polar surface area (TPSA) is 30.0 Å². The number of hydrogen-bond donors (Lipinski definition) is 0. The fourth-order valence-electron chi connectivity index (χ4n) is 4.06. The van der Waals surface area contributed by atoms with Gasteiger partial charge in [-0.05, 0) is 53.5 Å². The van der Waals surface area contributed by atoms with Crippen molar-refractivity contribution in [2.45, 2.75) is 31.6 Å². The zero-order valence-electron chi connectivity index (χ0n) is 12.2. The number of nitrogens with zero attached hydrogens (tertiary/aromatic N) is 1. The molecule has 2 aliphatic rings. The summed E-state index contributed by atoms with van der Waals surface area (Å²) in [5, 5.41) is 0. The number of hydrogen-bond acceptors (Lipinski definition) is 2. The second-order valence-corrected chi connectivity index (χ2v) is 6.36. The molecule has 4 unspecified atom stereocenters. The third-order valence-electron chi connectivity index (χ3n) is 5.29. The molecule has 106 valence electrons. The number of aryl methyl sites for hydroxylation is 1. The van der Waals surface area contributed by atoms with Crippen LogP contribution >= 0.6 is 0 Å². The van der Waals surface area contributed by atoms with Crippen LogP contribution in [-0.4, -0.2) is 10.8 Å². The second-order valence-electron chi connectivity index (χ2n) is 6.36. The molecule has 0 spiro atoms. The van der Waals surface area contributed by atoms with E-state index in [0.717, 1.165) is 12.0 Å². The monoisotopic (exact) mass is 277 g/mol. The van der Waals surface area contributed by atoms with Gasteiger partial charge in [0.05, 0.1) is 0 Å². The molecule has 0 N–H and O–H groups in total. The third kappa shape index (κ3) is 2.01. The fraction of sp³-hybridized carbons (Fsp3) is 0.368. The van der Waals surface area contributed by atoms with Crippen molar-refractivity contribution >= 4 is 5.78 Å². The highest BCUT2D eigenvalue weighted by Crippen LogP contribution is 2.61. The summed E-state index contributed by atoms with van der Waals surface area (Å²) in [5.41, 5.74) is 3.96. The number of benzene rings is 1. The Labute approximate surface area is 125 Å². The van der Waals surface area contributed by atoms with Crippen LogP contribution in [0.5, 0.6) is 0 Å². The minimum absolute atomic E-state index is 0.0178. The molecule has 2 nitrogen and oxygen atoms in total. The van der Waals surface area contributed by atoms with Crippen molar-refractivity contribution < 1.29 is 4.79 Å². The van der Waals surface area contributed by atoms with E-state index in [1.807, 2.05) is 19.1 Å². The molecule has 1 aromatic heterocycles. The molecule has 2 aliphatic carbocycles. The van der Waals surface area contributed by atoms with Crippen molar-refractivity contribution in [1.82, 2.24) is 4.98 Å². The zero-order chi connectivity index (χ0) is 14.4. The van der Waals surface area contributed by atoms with Gasteiger partial charge in [0, 0.05) is 24.2 Å². The number of pyridine rings is 1. The summed E-state index contributed by atoms with van der Waals surface area (Å²) in [6.07, 6.45) is 5.84. The number of Topliss-reactive ketones (excluding diaryl/α,β-unsaturated/α-hetero) is 1. The molecule has 1 aromatic carbocycles. The molecule has 0 saturated heterocycles. The molecule has 1 heterocycles. The molecule has 1 saturated carbocycles. The van der Waals surface area contributed by atoms with Gasteiger partial charge in [0.1, 0.15) is 5.78 Å². The molecule has 0 radical (unpaired) electrons. The summed E-state index contributed by atoms with van der Waals surface area (Å²) in [6, 6.07) is 12.6. The summed E-state index contributed by atoms with van der Waals surface area (Å²) in [5.74, 6) is 1.68. The van der Waals surface area contributed by atoms with Gasteiger partial charge in [0.2, 0.25) is 0 Å². The average Bonchev–Trinajstić information content (AvgIpc) is 3.29. The zero-order valence-corrected chi connectivity index (χ0v) is 12.2. The van der Waals surface area contributed by atoms with E-state index in [9.17, 15) is 4.79 Å². The highest BCUT2D eigenvalue weighted by molar-refractivity contribution is 5.91. The van der Waals surface area contributed by atoms with Crippen LogP contribution in [0.25, 0.3) is 0 Å². The van der Waals surface area contributed by atoms with E-state index in [4.69, 9.17) is 0 Å². The Morgan fingerprint density at radius 2 is 1.95 bits per heavy atom. The number of carbonyl (C=O) groups is 1. The SMILES string of the molecule is CC(C(=O)C1C2CCc3ccccc3C21)c1ccncc1. The molecule has 2 aromatic rings. The van der Waals surface area contributed by atoms with Gasteiger partial charge in [0.25, 0.3) is 0 Å². The van der Waals surface area contributed by atoms with Crippen molar-refractivity contribution in [2.75, 3.05) is 0 Å². The Hall–Kier alpha value is -1.96. The van der Waals surface area contributed by atoms with Crippen LogP contribution < -0.4 is 0 Å². The van der Waals surface area contributed by atoms with Gasteiger partial charge >= 0.3 is 0 Å². The number of aromatic nitrogens is 1. The van der Waals surface area contributed by atoms with Crippen LogP contribution in [0.3, 0.4) is 0 Å². The van der Waals surface area contributed by atoms with E-state index in [-0.39, 0.29) is 11.8 Å². The predicted octanol–water partition coefficient (Wildman–Crippen LogP) is 3.73. The molecular formula is C19H19NO. The van der Waals surface area contributed by atoms with E-state index >= 15 is 0 Å². The van der Waals surface area contributed by atoms with Crippen molar-refractivity contribution in [3.8, 4) is 0 Å². The first-order valence-electron chi connectivity index (χ1n) is 7.79. The lowest BCUT2D eigenvalue weighted by Gasteiger charge is -2.13. The van der Waals surface area contributed by atoms with E-state index in [1.54, 1.807) is 12.4 Å². The van der Waals surface area contributed by atoms with Crippen LogP contribution in [-0.2, 0) is 11.2 Å². The van der Waals surface area contributed by atoms with Crippen LogP contribution in [0.15, 0.2) is 48.8 Å². The third-order valence-corrected chi connectivity index (χ3v) is 5.29. The first-order chi connectivity index (χ1) is 10.3. The molecule has 2 heteroatoms. The van der Waals surface area contributed by atoms with Crippen molar-refractivity contribution in [2.24, 2.45) is 11.8 Å². The molecule has 4 atom stereocenters. The minimum Gasteiger partial charge on any atom is -0.299 e. The number of rotatable bonds is 3. The molecular weight excluding hydrogens is 258 g/mol. The van der Waals surface area contributed by atoms with Crippen LogP contribution in [0.4, 0.5) is 0 Å². The van der Waals surface area contributed by atoms with Gasteiger partial charge in [-0.1, -0.05) is 31.2 Å². The van der Waals surface area contributed by atoms with E-state index in [0.29, 0.717) is 17.6 Å². The fourth-order valence-corrected chi connectivity index (χ4v) is 4.06. The maximum atomic E-state index is 12.9. The lowest BCUT2D eigenvalue weighted by molar-refractivity contribution is -0.121. The molecule has 21 heavy (non-hydrogen) atoms. The maximum Gasteiger partial charge on any atom is 0.144 e. The molecule has 0 amide bonds. The Morgan fingerprint density at radius 1 is 1.19 bits per heavy atom. The molecule has 4 rings (SSSR count). The number of carbonyl (C=O) groups excluding carboxylic acids is 1. The van der Waals surface area contributed by atoms with Gasteiger partial charge in [-0.2, -0.15) is 0 Å². The van der Waals surface area contributed by atoms with Gasteiger partial charge < -0.3 is 0 Å². The van der Waals surface area contributed by atoms with Crippen molar-refractivity contribution in [3.63, 3.8) is 0 Å². The lowest BCUT2D eigenvalue weighted by Crippen LogP contribution is -2.13. The summed E-state index contributed by atoms with van der Waals surface area (Å²) in [4.78, 5) is 16.9. The molecule has 0 bridgehead atoms. The first kappa shape index (κ1) is 12.8. The van der Waals surface area contributed by atoms with E-state index in [2.05, 4.69) is 29.2 Å². The quantitative estimate of drug-likeness (QED) is 0.855. The normalized spacial score (nSPS) is 27.4. The number of fused-ring (bicyclic) bond motifs is 3. The molecule has 1 fully saturated rings. The highest BCUT2D eigenvalue weighted by Gasteiger charge is 2.57. The van der Waals surface area contributed by atoms with Gasteiger partial charge in [-0.15, -0.1) is 0 Å². The van der Waals surface area contributed by atoms with Crippen LogP contribution in [0.1, 0.15) is 41.9 Å². The lowest BCUT2D eigenvalue weighted by atomic mass is 9.91. The van der Waals surface area contributed by atoms with Crippen LogP contribution in [0.2, 0.25) is 0 Å². The van der Waals surface area contributed by atoms with Gasteiger partial charge in [-0.25, -0.2) is 0 Å². The second kappa shape index (κ2) is 4.80. The van der Waals surface area contributed by atoms with Crippen molar-refractivity contribution in [3.05, 3.63) is 65.5 Å². The standard InChI is InChI=1S/C19H19NO/c1-12(13-8-10-20-11-9-13)19(21)18-16-7-6-14-4-2-3-5-15(14)17(16)18/h2-5,8-12,16-18H,6-7H2,1H3. The Bertz CT molecular complexity index is 679. The summed E-state index contributed by atoms with van der Waals surface area (Å²) < 4.78 is 0. The summed E-state index contributed by atoms with van der Waals surface area (Å²) in [7, 11) is 0. The van der Waals surface area contributed by atoms with E-state index in [1.165, 1.54) is 17.5 Å². The smallest absolute Gasteiger partial charge is 0.144 e. The average molecular weight is 277 g/mol. The number of ketones is 1. The Morgan fingerprint density at radius 3 is 2.76 bits per heavy atom. The Balaban J connectivity index is 1.58. The summed E-state index contributed by atoms with van der Waals surface area (Å²) in [6.45, 7) is 2.04. The van der Waals surface area contributed by atoms with Crippen LogP contribution in [0, 0.1) is 11.8 Å². The maximum absolute atomic E-state index is 12.9. The van der Waals surface area contributed by atoms with Crippen molar-refractivity contribution in [1.29, 1.82) is 0 Å².